The minimum absolute atomic E-state index is 0.00186. The number of aromatic nitrogens is 1. The zero-order valence-corrected chi connectivity index (χ0v) is 21.8. The normalized spacial score (nSPS) is 17.6. The molecule has 0 saturated carbocycles. The van der Waals surface area contributed by atoms with E-state index in [-0.39, 0.29) is 24.3 Å². The first kappa shape index (κ1) is 28.6. The number of aromatic hydroxyl groups is 1. The van der Waals surface area contributed by atoms with Gasteiger partial charge in [0.2, 0.25) is 5.91 Å². The van der Waals surface area contributed by atoms with E-state index in [1.54, 1.807) is 55.5 Å². The third kappa shape index (κ3) is 6.78. The lowest BCUT2D eigenvalue weighted by Gasteiger charge is -2.30. The molecule has 0 bridgehead atoms. The molecule has 0 unspecified atom stereocenters. The number of alkyl halides is 2. The molecule has 11 heteroatoms. The van der Waals surface area contributed by atoms with E-state index >= 15 is 0 Å². The molecule has 0 spiro atoms. The third-order valence-corrected chi connectivity index (χ3v) is 6.82. The first-order chi connectivity index (χ1) is 19.1. The number of benzene rings is 2. The van der Waals surface area contributed by atoms with Crippen LogP contribution >= 0.6 is 0 Å². The highest BCUT2D eigenvalue weighted by Crippen LogP contribution is 2.33. The second kappa shape index (κ2) is 12.2. The van der Waals surface area contributed by atoms with Crippen LogP contribution in [0.15, 0.2) is 72.9 Å². The Balaban J connectivity index is 1.55. The fourth-order valence-electron chi connectivity index (χ4n) is 4.65. The summed E-state index contributed by atoms with van der Waals surface area (Å²) in [5, 5.41) is 26.3. The first-order valence-electron chi connectivity index (χ1n) is 12.7. The minimum Gasteiger partial charge on any atom is -0.508 e. The molecule has 2 aromatic carbocycles. The number of hydrogen-bond acceptors (Lipinski definition) is 6. The zero-order chi connectivity index (χ0) is 28.9. The van der Waals surface area contributed by atoms with Crippen molar-refractivity contribution < 1.29 is 33.4 Å². The van der Waals surface area contributed by atoms with Crippen LogP contribution in [0.25, 0.3) is 0 Å². The fourth-order valence-corrected chi connectivity index (χ4v) is 4.65. The van der Waals surface area contributed by atoms with Crippen LogP contribution in [-0.2, 0) is 22.6 Å². The first-order valence-corrected chi connectivity index (χ1v) is 12.7. The van der Waals surface area contributed by atoms with E-state index in [1.165, 1.54) is 24.4 Å². The van der Waals surface area contributed by atoms with Crippen molar-refractivity contribution in [1.82, 2.24) is 20.5 Å². The standard InChI is InChI=1S/C29H30F2N4O5/c1-18-21(11-7-12-24(18)36)26(38)34-22(14-19-8-3-2-4-9-19)25(37)28(40)35-17-29(30,31)15-23(35)27(39)33-16-20-10-5-6-13-32-20/h2-13,22-23,25,36-37H,14-17H2,1H3,(H,33,39)(H,34,38)/t22-,23-,25-/m0/s1. The molecule has 1 aromatic heterocycles. The number of carbonyl (C=O) groups excluding carboxylic acids is 3. The maximum absolute atomic E-state index is 14.5. The monoisotopic (exact) mass is 552 g/mol. The maximum atomic E-state index is 14.5. The van der Waals surface area contributed by atoms with E-state index in [0.717, 1.165) is 0 Å². The number of nitrogens with zero attached hydrogens (tertiary/aromatic N) is 2. The Morgan fingerprint density at radius 2 is 1.80 bits per heavy atom. The van der Waals surface area contributed by atoms with Gasteiger partial charge in [-0.3, -0.25) is 19.4 Å². The smallest absolute Gasteiger partial charge is 0.267 e. The summed E-state index contributed by atoms with van der Waals surface area (Å²) in [5.41, 5.74) is 1.59. The SMILES string of the molecule is Cc1c(O)cccc1C(=O)N[C@@H](Cc1ccccc1)[C@H](O)C(=O)N1CC(F)(F)C[C@H]1C(=O)NCc1ccccn1. The van der Waals surface area contributed by atoms with Gasteiger partial charge in [0.15, 0.2) is 6.10 Å². The number of hydrogen-bond donors (Lipinski definition) is 4. The van der Waals surface area contributed by atoms with E-state index in [0.29, 0.717) is 21.7 Å². The van der Waals surface area contributed by atoms with Gasteiger partial charge in [0.05, 0.1) is 24.8 Å². The van der Waals surface area contributed by atoms with Crippen LogP contribution in [0.3, 0.4) is 0 Å². The van der Waals surface area contributed by atoms with Gasteiger partial charge in [0, 0.05) is 23.7 Å². The largest absolute Gasteiger partial charge is 0.508 e. The Kier molecular flexibility index (Phi) is 8.73. The van der Waals surface area contributed by atoms with Crippen LogP contribution in [0.4, 0.5) is 8.78 Å². The lowest BCUT2D eigenvalue weighted by atomic mass is 9.98. The fraction of sp³-hybridized carbons (Fsp3) is 0.310. The Morgan fingerprint density at radius 1 is 1.07 bits per heavy atom. The van der Waals surface area contributed by atoms with Gasteiger partial charge < -0.3 is 25.7 Å². The van der Waals surface area contributed by atoms with Crippen molar-refractivity contribution in [2.24, 2.45) is 0 Å². The highest BCUT2D eigenvalue weighted by molar-refractivity contribution is 5.97. The summed E-state index contributed by atoms with van der Waals surface area (Å²) in [6.45, 7) is 0.461. The van der Waals surface area contributed by atoms with Crippen molar-refractivity contribution in [3.63, 3.8) is 0 Å². The van der Waals surface area contributed by atoms with E-state index < -0.39 is 54.8 Å². The second-order valence-electron chi connectivity index (χ2n) is 9.75. The van der Waals surface area contributed by atoms with Crippen LogP contribution in [0.1, 0.15) is 33.6 Å². The van der Waals surface area contributed by atoms with Crippen molar-refractivity contribution in [1.29, 1.82) is 0 Å². The highest BCUT2D eigenvalue weighted by atomic mass is 19.3. The number of aliphatic hydroxyl groups is 1. The number of phenolic OH excluding ortho intramolecular Hbond substituents is 1. The van der Waals surface area contributed by atoms with Crippen LogP contribution < -0.4 is 10.6 Å². The molecule has 1 fully saturated rings. The zero-order valence-electron chi connectivity index (χ0n) is 21.8. The van der Waals surface area contributed by atoms with E-state index in [9.17, 15) is 33.4 Å². The molecule has 0 radical (unpaired) electrons. The number of phenols is 1. The molecule has 3 atom stereocenters. The van der Waals surface area contributed by atoms with Crippen molar-refractivity contribution in [3.8, 4) is 5.75 Å². The average molecular weight is 553 g/mol. The molecule has 4 rings (SSSR count). The lowest BCUT2D eigenvalue weighted by Crippen LogP contribution is -2.56. The molecule has 0 aliphatic carbocycles. The summed E-state index contributed by atoms with van der Waals surface area (Å²) in [7, 11) is 0. The van der Waals surface area contributed by atoms with Gasteiger partial charge in [-0.2, -0.15) is 0 Å². The third-order valence-electron chi connectivity index (χ3n) is 6.82. The number of likely N-dealkylation sites (tertiary alicyclic amines) is 1. The van der Waals surface area contributed by atoms with Gasteiger partial charge in [-0.25, -0.2) is 8.78 Å². The summed E-state index contributed by atoms with van der Waals surface area (Å²) >= 11 is 0. The second-order valence-corrected chi connectivity index (χ2v) is 9.75. The van der Waals surface area contributed by atoms with E-state index in [4.69, 9.17) is 0 Å². The molecule has 9 nitrogen and oxygen atoms in total. The van der Waals surface area contributed by atoms with Crippen molar-refractivity contribution >= 4 is 17.7 Å². The number of halogens is 2. The van der Waals surface area contributed by atoms with Crippen molar-refractivity contribution in [3.05, 3.63) is 95.3 Å². The van der Waals surface area contributed by atoms with Crippen LogP contribution in [-0.4, -0.2) is 68.5 Å². The molecule has 210 valence electrons. The summed E-state index contributed by atoms with van der Waals surface area (Å²) in [4.78, 5) is 44.2. The minimum atomic E-state index is -3.35. The lowest BCUT2D eigenvalue weighted by molar-refractivity contribution is -0.147. The predicted molar refractivity (Wildman–Crippen MR) is 141 cm³/mol. The summed E-state index contributed by atoms with van der Waals surface area (Å²) in [6, 6.07) is 15.4. The van der Waals surface area contributed by atoms with Crippen LogP contribution in [0.2, 0.25) is 0 Å². The maximum Gasteiger partial charge on any atom is 0.267 e. The quantitative estimate of drug-likeness (QED) is 0.322. The number of aliphatic hydroxyl groups excluding tert-OH is 1. The Morgan fingerprint density at radius 3 is 2.50 bits per heavy atom. The Labute approximate surface area is 229 Å². The summed E-state index contributed by atoms with van der Waals surface area (Å²) in [5.74, 6) is -6.04. The van der Waals surface area contributed by atoms with Crippen LogP contribution in [0.5, 0.6) is 5.75 Å². The molecule has 3 amide bonds. The van der Waals surface area contributed by atoms with Crippen LogP contribution in [0, 0.1) is 6.92 Å². The number of rotatable bonds is 9. The summed E-state index contributed by atoms with van der Waals surface area (Å²) < 4.78 is 29.0. The molecule has 3 aromatic rings. The number of amides is 3. The topological polar surface area (TPSA) is 132 Å². The van der Waals surface area contributed by atoms with Gasteiger partial charge in [0.25, 0.3) is 17.7 Å². The molecular formula is C29H30F2N4O5. The van der Waals surface area contributed by atoms with Gasteiger partial charge in [-0.05, 0) is 43.2 Å². The van der Waals surface area contributed by atoms with Crippen molar-refractivity contribution in [2.45, 2.75) is 50.4 Å². The van der Waals surface area contributed by atoms with E-state index in [2.05, 4.69) is 15.6 Å². The van der Waals surface area contributed by atoms with Crippen molar-refractivity contribution in [2.75, 3.05) is 6.54 Å². The number of carbonyl (C=O) groups is 3. The molecule has 1 aliphatic rings. The predicted octanol–water partition coefficient (Wildman–Crippen LogP) is 2.35. The molecule has 4 N–H and O–H groups in total. The Hall–Kier alpha value is -4.38. The van der Waals surface area contributed by atoms with Gasteiger partial charge >= 0.3 is 0 Å². The number of nitrogens with one attached hydrogen (secondary N) is 2. The molecule has 2 heterocycles. The molecule has 1 aliphatic heterocycles. The molecular weight excluding hydrogens is 522 g/mol. The summed E-state index contributed by atoms with van der Waals surface area (Å²) in [6.07, 6.45) is -1.33. The Bertz CT molecular complexity index is 1360. The van der Waals surface area contributed by atoms with Gasteiger partial charge in [-0.15, -0.1) is 0 Å². The average Bonchev–Trinajstić information content (AvgIpc) is 3.28. The molecule has 1 saturated heterocycles. The van der Waals surface area contributed by atoms with Gasteiger partial charge in [0.1, 0.15) is 11.8 Å². The number of pyridine rings is 1. The van der Waals surface area contributed by atoms with Gasteiger partial charge in [-0.1, -0.05) is 42.5 Å². The highest BCUT2D eigenvalue weighted by Gasteiger charge is 2.51. The van der Waals surface area contributed by atoms with E-state index in [1.807, 2.05) is 0 Å². The molecule has 40 heavy (non-hydrogen) atoms.